The molecule has 0 bridgehead atoms. The summed E-state index contributed by atoms with van der Waals surface area (Å²) in [5.41, 5.74) is 1.35. The van der Waals surface area contributed by atoms with Gasteiger partial charge in [0.25, 0.3) is 0 Å². The van der Waals surface area contributed by atoms with Crippen LogP contribution in [-0.4, -0.2) is 12.3 Å². The molecule has 16 heavy (non-hydrogen) atoms. The van der Waals surface area contributed by atoms with Gasteiger partial charge in [-0.15, -0.1) is 18.3 Å². The van der Waals surface area contributed by atoms with Crippen molar-refractivity contribution in [2.75, 3.05) is 6.26 Å². The van der Waals surface area contributed by atoms with Gasteiger partial charge in [0.2, 0.25) is 0 Å². The second-order valence-electron chi connectivity index (χ2n) is 4.00. The van der Waals surface area contributed by atoms with Crippen LogP contribution in [0.15, 0.2) is 41.8 Å². The molecule has 1 N–H and O–H groups in total. The van der Waals surface area contributed by atoms with Crippen LogP contribution in [0.4, 0.5) is 0 Å². The molecule has 0 amide bonds. The summed E-state index contributed by atoms with van der Waals surface area (Å²) in [6.45, 7) is 6.91. The Bertz CT molecular complexity index is 305. The Hall–Kier alpha value is -0.730. The van der Waals surface area contributed by atoms with Gasteiger partial charge in [0.1, 0.15) is 0 Å². The van der Waals surface area contributed by atoms with E-state index in [-0.39, 0.29) is 0 Å². The molecule has 0 fully saturated rings. The van der Waals surface area contributed by atoms with Crippen molar-refractivity contribution in [3.63, 3.8) is 0 Å². The number of nitrogens with one attached hydrogen (secondary N) is 1. The number of thioether (sulfide) groups is 1. The molecule has 88 valence electrons. The first-order valence-electron chi connectivity index (χ1n) is 5.73. The van der Waals surface area contributed by atoms with Crippen molar-refractivity contribution in [2.24, 2.45) is 0 Å². The van der Waals surface area contributed by atoms with Gasteiger partial charge < -0.3 is 5.32 Å². The summed E-state index contributed by atoms with van der Waals surface area (Å²) in [6.07, 6.45) is 6.32. The summed E-state index contributed by atoms with van der Waals surface area (Å²) in [5.74, 6) is 0. The highest BCUT2D eigenvalue weighted by Crippen LogP contribution is 2.14. The maximum absolute atomic E-state index is 3.74. The zero-order chi connectivity index (χ0) is 11.8. The smallest absolute Gasteiger partial charge is 0.0207 e. The Balaban J connectivity index is 2.33. The van der Waals surface area contributed by atoms with Crippen molar-refractivity contribution in [3.05, 3.63) is 42.5 Å². The largest absolute Gasteiger partial charge is 0.310 e. The molecular formula is C14H21NS. The highest BCUT2D eigenvalue weighted by Gasteiger charge is 2.00. The van der Waals surface area contributed by atoms with Crippen LogP contribution >= 0.6 is 11.8 Å². The lowest BCUT2D eigenvalue weighted by Crippen LogP contribution is -2.25. The summed E-state index contributed by atoms with van der Waals surface area (Å²) in [4.78, 5) is 1.32. The lowest BCUT2D eigenvalue weighted by molar-refractivity contribution is 0.518. The van der Waals surface area contributed by atoms with Crippen LogP contribution in [0, 0.1) is 0 Å². The van der Waals surface area contributed by atoms with Gasteiger partial charge in [-0.1, -0.05) is 18.2 Å². The number of hydrogen-bond acceptors (Lipinski definition) is 2. The van der Waals surface area contributed by atoms with Crippen molar-refractivity contribution in [1.29, 1.82) is 0 Å². The first-order valence-corrected chi connectivity index (χ1v) is 6.96. The van der Waals surface area contributed by atoms with Crippen molar-refractivity contribution in [1.82, 2.24) is 5.32 Å². The van der Waals surface area contributed by atoms with Crippen LogP contribution in [0.25, 0.3) is 0 Å². The third-order valence-corrected chi connectivity index (χ3v) is 3.36. The molecular weight excluding hydrogens is 214 g/mol. The maximum Gasteiger partial charge on any atom is 0.0207 e. The Morgan fingerprint density at radius 2 is 2.06 bits per heavy atom. The summed E-state index contributed by atoms with van der Waals surface area (Å²) < 4.78 is 0. The topological polar surface area (TPSA) is 12.0 Å². The predicted molar refractivity (Wildman–Crippen MR) is 74.0 cm³/mol. The molecule has 0 aliphatic carbocycles. The van der Waals surface area contributed by atoms with Gasteiger partial charge in [-0.3, -0.25) is 0 Å². The van der Waals surface area contributed by atoms with E-state index < -0.39 is 0 Å². The fourth-order valence-electron chi connectivity index (χ4n) is 1.51. The van der Waals surface area contributed by atoms with Crippen LogP contribution in [0.3, 0.4) is 0 Å². The standard InChI is InChI=1S/C14H21NS/c1-4-5-6-12(2)15-11-13-7-9-14(16-3)10-8-13/h4,7-10,12,15H,1,5-6,11H2,2-3H3. The van der Waals surface area contributed by atoms with Crippen molar-refractivity contribution >= 4 is 11.8 Å². The Labute approximate surface area is 103 Å². The lowest BCUT2D eigenvalue weighted by Gasteiger charge is -2.12. The Morgan fingerprint density at radius 1 is 1.38 bits per heavy atom. The average Bonchev–Trinajstić information content (AvgIpc) is 2.34. The summed E-state index contributed by atoms with van der Waals surface area (Å²) in [7, 11) is 0. The van der Waals surface area contributed by atoms with E-state index in [0.29, 0.717) is 6.04 Å². The van der Waals surface area contributed by atoms with Crippen LogP contribution in [-0.2, 0) is 6.54 Å². The zero-order valence-electron chi connectivity index (χ0n) is 10.2. The van der Waals surface area contributed by atoms with Crippen LogP contribution < -0.4 is 5.32 Å². The molecule has 0 spiro atoms. The van der Waals surface area contributed by atoms with E-state index in [1.165, 1.54) is 10.5 Å². The van der Waals surface area contributed by atoms with E-state index in [1.807, 2.05) is 6.08 Å². The van der Waals surface area contributed by atoms with E-state index in [2.05, 4.69) is 49.3 Å². The molecule has 0 aromatic heterocycles. The monoisotopic (exact) mass is 235 g/mol. The molecule has 0 aliphatic heterocycles. The molecule has 0 aliphatic rings. The highest BCUT2D eigenvalue weighted by atomic mass is 32.2. The molecule has 0 saturated heterocycles. The van der Waals surface area contributed by atoms with E-state index in [1.54, 1.807) is 11.8 Å². The third-order valence-electron chi connectivity index (χ3n) is 2.62. The van der Waals surface area contributed by atoms with E-state index in [9.17, 15) is 0 Å². The number of benzene rings is 1. The first kappa shape index (κ1) is 13.3. The molecule has 2 heteroatoms. The van der Waals surface area contributed by atoms with Gasteiger partial charge in [-0.2, -0.15) is 0 Å². The van der Waals surface area contributed by atoms with Crippen molar-refractivity contribution in [3.8, 4) is 0 Å². The minimum atomic E-state index is 0.554. The van der Waals surface area contributed by atoms with Gasteiger partial charge >= 0.3 is 0 Å². The molecule has 1 aromatic carbocycles. The fourth-order valence-corrected chi connectivity index (χ4v) is 1.91. The Morgan fingerprint density at radius 3 is 2.62 bits per heavy atom. The number of rotatable bonds is 7. The lowest BCUT2D eigenvalue weighted by atomic mass is 10.1. The SMILES string of the molecule is C=CCCC(C)NCc1ccc(SC)cc1. The van der Waals surface area contributed by atoms with Gasteiger partial charge in [0, 0.05) is 17.5 Å². The van der Waals surface area contributed by atoms with Crippen LogP contribution in [0.1, 0.15) is 25.3 Å². The zero-order valence-corrected chi connectivity index (χ0v) is 11.0. The highest BCUT2D eigenvalue weighted by molar-refractivity contribution is 7.98. The second kappa shape index (κ2) is 7.53. The minimum absolute atomic E-state index is 0.554. The summed E-state index contributed by atoms with van der Waals surface area (Å²) in [6, 6.07) is 9.29. The average molecular weight is 235 g/mol. The number of hydrogen-bond donors (Lipinski definition) is 1. The molecule has 1 nitrogen and oxygen atoms in total. The molecule has 0 heterocycles. The quantitative estimate of drug-likeness (QED) is 0.569. The molecule has 0 saturated carbocycles. The molecule has 1 unspecified atom stereocenters. The predicted octanol–water partition coefficient (Wildman–Crippen LogP) is 3.85. The van der Waals surface area contributed by atoms with Crippen LogP contribution in [0.5, 0.6) is 0 Å². The summed E-state index contributed by atoms with van der Waals surface area (Å²) in [5, 5.41) is 3.52. The summed E-state index contributed by atoms with van der Waals surface area (Å²) >= 11 is 1.78. The van der Waals surface area contributed by atoms with Gasteiger partial charge in [0.15, 0.2) is 0 Å². The molecule has 1 aromatic rings. The normalized spacial score (nSPS) is 12.4. The van der Waals surface area contributed by atoms with E-state index >= 15 is 0 Å². The van der Waals surface area contributed by atoms with Gasteiger partial charge in [0.05, 0.1) is 0 Å². The Kier molecular flexibility index (Phi) is 6.27. The first-order chi connectivity index (χ1) is 7.76. The molecule has 1 atom stereocenters. The van der Waals surface area contributed by atoms with Crippen molar-refractivity contribution in [2.45, 2.75) is 37.2 Å². The van der Waals surface area contributed by atoms with Crippen molar-refractivity contribution < 1.29 is 0 Å². The van der Waals surface area contributed by atoms with Crippen LogP contribution in [0.2, 0.25) is 0 Å². The van der Waals surface area contributed by atoms with E-state index in [0.717, 1.165) is 19.4 Å². The third kappa shape index (κ3) is 4.86. The molecule has 1 rings (SSSR count). The van der Waals surface area contributed by atoms with Gasteiger partial charge in [-0.25, -0.2) is 0 Å². The fraction of sp³-hybridized carbons (Fsp3) is 0.429. The maximum atomic E-state index is 3.74. The minimum Gasteiger partial charge on any atom is -0.310 e. The molecule has 0 radical (unpaired) electrons. The van der Waals surface area contributed by atoms with E-state index in [4.69, 9.17) is 0 Å². The number of allylic oxidation sites excluding steroid dienone is 1. The van der Waals surface area contributed by atoms with Gasteiger partial charge in [-0.05, 0) is 43.7 Å². The second-order valence-corrected chi connectivity index (χ2v) is 4.88.